The summed E-state index contributed by atoms with van der Waals surface area (Å²) in [7, 11) is 0. The van der Waals surface area contributed by atoms with Crippen LogP contribution in [-0.4, -0.2) is 33.4 Å². The molecule has 0 aliphatic rings. The number of hydrogen-bond donors (Lipinski definition) is 5. The van der Waals surface area contributed by atoms with Gasteiger partial charge in [-0.3, -0.25) is 19.7 Å². The smallest absolute Gasteiger partial charge is 0.384 e. The minimum Gasteiger partial charge on any atom is -0.384 e. The van der Waals surface area contributed by atoms with E-state index in [9.17, 15) is 9.59 Å². The molecule has 0 radical (unpaired) electrons. The molecule has 0 fully saturated rings. The number of amides is 1. The molecule has 0 atom stereocenters. The fourth-order valence-electron chi connectivity index (χ4n) is 3.10. The van der Waals surface area contributed by atoms with Crippen molar-refractivity contribution in [2.75, 3.05) is 6.54 Å². The highest BCUT2D eigenvalue weighted by Crippen LogP contribution is 2.20. The molecule has 0 aliphatic carbocycles. The van der Waals surface area contributed by atoms with Crippen LogP contribution in [-0.2, 0) is 6.42 Å². The van der Waals surface area contributed by atoms with E-state index in [0.29, 0.717) is 35.5 Å². The van der Waals surface area contributed by atoms with Gasteiger partial charge < -0.3 is 16.0 Å². The zero-order valence-electron chi connectivity index (χ0n) is 15.3. The average Bonchev–Trinajstić information content (AvgIpc) is 3.34. The number of fused-ring (bicyclic) bond motifs is 1. The van der Waals surface area contributed by atoms with E-state index in [2.05, 4.69) is 25.0 Å². The molecule has 1 amide bonds. The fraction of sp³-hybridized carbons (Fsp3) is 0.100. The van der Waals surface area contributed by atoms with Gasteiger partial charge in [0.25, 0.3) is 5.91 Å². The summed E-state index contributed by atoms with van der Waals surface area (Å²) in [5.41, 5.74) is 9.37. The number of carbonyl (C=O) groups excluding carboxylic acids is 1. The molecule has 0 saturated carbocycles. The number of benzene rings is 2. The molecule has 0 unspecified atom stereocenters. The molecular weight excluding hydrogens is 372 g/mol. The number of hydrogen-bond acceptors (Lipinski definition) is 5. The Balaban J connectivity index is 1.38. The number of nitrogens with two attached hydrogens (primary N) is 1. The molecule has 4 aromatic rings. The van der Waals surface area contributed by atoms with Crippen LogP contribution < -0.4 is 16.8 Å². The van der Waals surface area contributed by atoms with Gasteiger partial charge in [-0.2, -0.15) is 0 Å². The topological polar surface area (TPSA) is 154 Å². The van der Waals surface area contributed by atoms with Crippen molar-refractivity contribution in [1.29, 1.82) is 5.41 Å². The largest absolute Gasteiger partial charge is 0.439 e. The minimum atomic E-state index is -0.630. The van der Waals surface area contributed by atoms with Crippen LogP contribution >= 0.6 is 0 Å². The number of nitrogen functional groups attached to an aromatic ring is 1. The number of amidine groups is 1. The zero-order chi connectivity index (χ0) is 20.4. The molecular formula is C20H18N6O3. The second-order valence-corrected chi connectivity index (χ2v) is 6.52. The Labute approximate surface area is 164 Å². The van der Waals surface area contributed by atoms with Crippen molar-refractivity contribution < 1.29 is 9.32 Å². The average molecular weight is 390 g/mol. The van der Waals surface area contributed by atoms with E-state index in [-0.39, 0.29) is 11.7 Å². The van der Waals surface area contributed by atoms with Gasteiger partial charge in [0.2, 0.25) is 0 Å². The monoisotopic (exact) mass is 390 g/mol. The van der Waals surface area contributed by atoms with E-state index in [1.54, 1.807) is 30.5 Å². The normalized spacial score (nSPS) is 10.9. The third-order valence-electron chi connectivity index (χ3n) is 4.60. The molecule has 0 bridgehead atoms. The Morgan fingerprint density at radius 3 is 2.69 bits per heavy atom. The molecule has 0 spiro atoms. The van der Waals surface area contributed by atoms with Gasteiger partial charge >= 0.3 is 5.76 Å². The number of aromatic amines is 2. The Morgan fingerprint density at radius 2 is 2.00 bits per heavy atom. The van der Waals surface area contributed by atoms with E-state index in [1.807, 2.05) is 18.2 Å². The van der Waals surface area contributed by atoms with Gasteiger partial charge in [-0.25, -0.2) is 4.79 Å². The molecule has 2 aromatic carbocycles. The number of carbonyl (C=O) groups is 1. The molecule has 9 nitrogen and oxygen atoms in total. The van der Waals surface area contributed by atoms with Crippen molar-refractivity contribution in [1.82, 2.24) is 20.4 Å². The number of H-pyrrole nitrogens is 2. The Bertz CT molecular complexity index is 1250. The Hall–Kier alpha value is -4.14. The van der Waals surface area contributed by atoms with Gasteiger partial charge in [-0.15, -0.1) is 0 Å². The zero-order valence-corrected chi connectivity index (χ0v) is 15.3. The van der Waals surface area contributed by atoms with Crippen molar-refractivity contribution in [3.05, 3.63) is 75.9 Å². The van der Waals surface area contributed by atoms with E-state index < -0.39 is 5.76 Å². The summed E-state index contributed by atoms with van der Waals surface area (Å²) in [5.74, 6) is -0.501. The molecule has 4 rings (SSSR count). The molecule has 2 heterocycles. The van der Waals surface area contributed by atoms with E-state index >= 15 is 0 Å². The van der Waals surface area contributed by atoms with Gasteiger partial charge in [-0.1, -0.05) is 23.4 Å². The third kappa shape index (κ3) is 3.79. The number of nitrogens with zero attached hydrogens (tertiary/aromatic N) is 1. The molecule has 6 N–H and O–H groups in total. The maximum atomic E-state index is 12.3. The predicted octanol–water partition coefficient (Wildman–Crippen LogP) is 1.77. The van der Waals surface area contributed by atoms with Crippen molar-refractivity contribution in [2.45, 2.75) is 6.42 Å². The van der Waals surface area contributed by atoms with Crippen LogP contribution in [0.1, 0.15) is 21.5 Å². The summed E-state index contributed by atoms with van der Waals surface area (Å²) in [4.78, 5) is 28.9. The van der Waals surface area contributed by atoms with Crippen LogP contribution in [0.3, 0.4) is 0 Å². The summed E-state index contributed by atoms with van der Waals surface area (Å²) in [6.07, 6.45) is 2.36. The van der Waals surface area contributed by atoms with Crippen LogP contribution in [0, 0.1) is 5.41 Å². The lowest BCUT2D eigenvalue weighted by atomic mass is 10.1. The van der Waals surface area contributed by atoms with E-state index in [4.69, 9.17) is 11.1 Å². The number of rotatable bonds is 6. The summed E-state index contributed by atoms with van der Waals surface area (Å²) < 4.78 is 4.47. The van der Waals surface area contributed by atoms with Crippen LogP contribution in [0.25, 0.3) is 22.3 Å². The summed E-state index contributed by atoms with van der Waals surface area (Å²) in [6.45, 7) is 0.461. The van der Waals surface area contributed by atoms with Gasteiger partial charge in [0.05, 0.1) is 0 Å². The lowest BCUT2D eigenvalue weighted by molar-refractivity contribution is 0.0954. The van der Waals surface area contributed by atoms with Crippen molar-refractivity contribution in [3.63, 3.8) is 0 Å². The van der Waals surface area contributed by atoms with Crippen molar-refractivity contribution in [3.8, 4) is 11.4 Å². The summed E-state index contributed by atoms with van der Waals surface area (Å²) in [5, 5.41) is 15.0. The minimum absolute atomic E-state index is 0.0137. The highest BCUT2D eigenvalue weighted by atomic mass is 16.5. The highest BCUT2D eigenvalue weighted by molar-refractivity contribution is 6.07. The molecule has 9 heteroatoms. The summed E-state index contributed by atoms with van der Waals surface area (Å²) in [6, 6.07) is 12.6. The quantitative estimate of drug-likeness (QED) is 0.251. The first-order valence-electron chi connectivity index (χ1n) is 8.90. The predicted molar refractivity (Wildman–Crippen MR) is 108 cm³/mol. The maximum absolute atomic E-state index is 12.3. The lowest BCUT2D eigenvalue weighted by Gasteiger charge is -2.07. The summed E-state index contributed by atoms with van der Waals surface area (Å²) >= 11 is 0. The first-order chi connectivity index (χ1) is 14.0. The van der Waals surface area contributed by atoms with Crippen molar-refractivity contribution >= 4 is 22.6 Å². The molecule has 0 aliphatic heterocycles. The van der Waals surface area contributed by atoms with Gasteiger partial charge in [-0.05, 0) is 36.2 Å². The van der Waals surface area contributed by atoms with Gasteiger partial charge in [0, 0.05) is 40.3 Å². The number of nitrogens with one attached hydrogen (secondary N) is 4. The molecule has 29 heavy (non-hydrogen) atoms. The van der Waals surface area contributed by atoms with Crippen LogP contribution in [0.5, 0.6) is 0 Å². The van der Waals surface area contributed by atoms with Gasteiger partial charge in [0.1, 0.15) is 5.84 Å². The van der Waals surface area contributed by atoms with Crippen LogP contribution in [0.2, 0.25) is 0 Å². The standard InChI is InChI=1S/C20H18N6O3/c21-17(22)15-10-24-16-6-1-11(9-14(15)16)7-8-23-19(27)13-4-2-12(3-5-13)18-25-20(28)29-26-18/h1-6,9-10,24H,7-8H2,(H3,21,22)(H,23,27)(H,25,26,28). The van der Waals surface area contributed by atoms with Crippen LogP contribution in [0.4, 0.5) is 0 Å². The lowest BCUT2D eigenvalue weighted by Crippen LogP contribution is -2.25. The molecule has 0 saturated heterocycles. The second kappa shape index (κ2) is 7.47. The van der Waals surface area contributed by atoms with Crippen molar-refractivity contribution in [2.24, 2.45) is 5.73 Å². The van der Waals surface area contributed by atoms with Gasteiger partial charge in [0.15, 0.2) is 5.82 Å². The fourth-order valence-corrected chi connectivity index (χ4v) is 3.10. The van der Waals surface area contributed by atoms with Crippen LogP contribution in [0.15, 0.2) is 58.0 Å². The maximum Gasteiger partial charge on any atom is 0.439 e. The Morgan fingerprint density at radius 1 is 1.21 bits per heavy atom. The van der Waals surface area contributed by atoms with E-state index in [1.165, 1.54) is 0 Å². The third-order valence-corrected chi connectivity index (χ3v) is 4.60. The molecule has 146 valence electrons. The second-order valence-electron chi connectivity index (χ2n) is 6.52. The first kappa shape index (κ1) is 18.2. The number of aromatic nitrogens is 3. The SMILES string of the molecule is N=C(N)c1c[nH]c2ccc(CCNC(=O)c3ccc(-c4noc(=O)[nH]4)cc3)cc12. The Kier molecular flexibility index (Phi) is 4.70. The van der Waals surface area contributed by atoms with E-state index in [0.717, 1.165) is 16.5 Å². The molecule has 2 aromatic heterocycles. The first-order valence-corrected chi connectivity index (χ1v) is 8.90. The highest BCUT2D eigenvalue weighted by Gasteiger charge is 2.09.